The molecule has 0 aliphatic heterocycles. The molecule has 0 aliphatic carbocycles. The first-order valence-corrected chi connectivity index (χ1v) is 9.54. The van der Waals surface area contributed by atoms with Gasteiger partial charge in [0.15, 0.2) is 0 Å². The summed E-state index contributed by atoms with van der Waals surface area (Å²) in [6.07, 6.45) is 0.611. The molecule has 2 aromatic carbocycles. The Morgan fingerprint density at radius 1 is 1.16 bits per heavy atom. The quantitative estimate of drug-likeness (QED) is 0.799. The van der Waals surface area contributed by atoms with Gasteiger partial charge < -0.3 is 4.74 Å². The van der Waals surface area contributed by atoms with Crippen LogP contribution in [0.15, 0.2) is 47.4 Å². The van der Waals surface area contributed by atoms with E-state index in [9.17, 15) is 13.2 Å². The van der Waals surface area contributed by atoms with Crippen molar-refractivity contribution in [2.24, 2.45) is 0 Å². The molecule has 5 nitrogen and oxygen atoms in total. The van der Waals surface area contributed by atoms with Gasteiger partial charge in [-0.2, -0.15) is 0 Å². The summed E-state index contributed by atoms with van der Waals surface area (Å²) in [7, 11) is -2.51. The van der Waals surface area contributed by atoms with Gasteiger partial charge in [-0.1, -0.05) is 36.8 Å². The largest absolute Gasteiger partial charge is 0.465 e. The van der Waals surface area contributed by atoms with E-state index >= 15 is 0 Å². The molecule has 1 N–H and O–H groups in total. The molecular formula is C19H23NO4S. The minimum absolute atomic E-state index is 0.0404. The molecule has 0 saturated carbocycles. The van der Waals surface area contributed by atoms with Crippen molar-refractivity contribution in [1.82, 2.24) is 4.72 Å². The Kier molecular flexibility index (Phi) is 5.98. The fourth-order valence-electron chi connectivity index (χ4n) is 2.75. The van der Waals surface area contributed by atoms with Crippen LogP contribution < -0.4 is 4.72 Å². The van der Waals surface area contributed by atoms with E-state index in [1.54, 1.807) is 0 Å². The van der Waals surface area contributed by atoms with Crippen LogP contribution in [0.25, 0.3) is 0 Å². The first kappa shape index (κ1) is 19.1. The van der Waals surface area contributed by atoms with Crippen LogP contribution in [0.4, 0.5) is 0 Å². The third kappa shape index (κ3) is 4.46. The van der Waals surface area contributed by atoms with E-state index in [0.29, 0.717) is 6.42 Å². The van der Waals surface area contributed by atoms with Gasteiger partial charge >= 0.3 is 5.97 Å². The van der Waals surface area contributed by atoms with E-state index in [1.165, 1.54) is 31.4 Å². The van der Waals surface area contributed by atoms with Crippen molar-refractivity contribution in [3.8, 4) is 0 Å². The molecular weight excluding hydrogens is 338 g/mol. The number of nitrogens with one attached hydrogen (secondary N) is 1. The van der Waals surface area contributed by atoms with Crippen LogP contribution in [-0.4, -0.2) is 21.5 Å². The van der Waals surface area contributed by atoms with Crippen molar-refractivity contribution in [2.75, 3.05) is 7.11 Å². The van der Waals surface area contributed by atoms with Crippen LogP contribution in [0, 0.1) is 13.8 Å². The summed E-state index contributed by atoms with van der Waals surface area (Å²) in [6.45, 7) is 5.90. The lowest BCUT2D eigenvalue weighted by atomic mass is 9.98. The smallest absolute Gasteiger partial charge is 0.337 e. The van der Waals surface area contributed by atoms with Crippen molar-refractivity contribution < 1.29 is 17.9 Å². The highest BCUT2D eigenvalue weighted by Gasteiger charge is 2.22. The second-order valence-corrected chi connectivity index (χ2v) is 7.68. The molecule has 0 amide bonds. The zero-order chi connectivity index (χ0) is 18.6. The van der Waals surface area contributed by atoms with Crippen LogP contribution in [0.2, 0.25) is 0 Å². The number of aryl methyl sites for hydroxylation is 2. The normalized spacial score (nSPS) is 12.6. The zero-order valence-electron chi connectivity index (χ0n) is 14.9. The number of carbonyl (C=O) groups excluding carboxylic acids is 1. The van der Waals surface area contributed by atoms with Crippen LogP contribution in [0.3, 0.4) is 0 Å². The molecule has 0 aliphatic rings. The van der Waals surface area contributed by atoms with Crippen molar-refractivity contribution in [3.63, 3.8) is 0 Å². The summed E-state index contributed by atoms with van der Waals surface area (Å²) in [5.74, 6) is -0.571. The maximum atomic E-state index is 12.8. The maximum Gasteiger partial charge on any atom is 0.337 e. The number of hydrogen-bond donors (Lipinski definition) is 1. The van der Waals surface area contributed by atoms with Crippen LogP contribution >= 0.6 is 0 Å². The van der Waals surface area contributed by atoms with Gasteiger partial charge in [-0.3, -0.25) is 0 Å². The Bertz CT molecular complexity index is 875. The molecule has 0 spiro atoms. The molecule has 2 aromatic rings. The van der Waals surface area contributed by atoms with Crippen molar-refractivity contribution >= 4 is 16.0 Å². The number of esters is 1. The van der Waals surface area contributed by atoms with Crippen LogP contribution in [0.1, 0.15) is 46.4 Å². The van der Waals surface area contributed by atoms with Gasteiger partial charge in [-0.25, -0.2) is 17.9 Å². The summed E-state index contributed by atoms with van der Waals surface area (Å²) in [4.78, 5) is 11.7. The predicted molar refractivity (Wildman–Crippen MR) is 97.1 cm³/mol. The summed E-state index contributed by atoms with van der Waals surface area (Å²) >= 11 is 0. The van der Waals surface area contributed by atoms with Gasteiger partial charge in [0, 0.05) is 6.04 Å². The number of methoxy groups -OCH3 is 1. The molecule has 134 valence electrons. The first-order chi connectivity index (χ1) is 11.8. The van der Waals surface area contributed by atoms with Gasteiger partial charge in [-0.05, 0) is 49.6 Å². The monoisotopic (exact) mass is 361 g/mol. The van der Waals surface area contributed by atoms with E-state index < -0.39 is 16.0 Å². The van der Waals surface area contributed by atoms with Gasteiger partial charge in [0.05, 0.1) is 17.6 Å². The van der Waals surface area contributed by atoms with E-state index in [-0.39, 0.29) is 16.5 Å². The Balaban J connectivity index is 2.34. The number of benzene rings is 2. The standard InChI is InChI=1S/C19H23NO4S/c1-5-18(17-10-9-13(2)11-14(17)3)20-25(22,23)16-8-6-7-15(12-16)19(21)24-4/h6-12,18,20H,5H2,1-4H3/t18-/m0/s1. The predicted octanol–water partition coefficient (Wildman–Crippen LogP) is 3.52. The summed E-state index contributed by atoms with van der Waals surface area (Å²) in [5.41, 5.74) is 3.31. The van der Waals surface area contributed by atoms with Crippen LogP contribution in [0.5, 0.6) is 0 Å². The van der Waals surface area contributed by atoms with Crippen molar-refractivity contribution in [2.45, 2.75) is 38.1 Å². The Hall–Kier alpha value is -2.18. The molecule has 0 heterocycles. The number of rotatable bonds is 6. The third-order valence-electron chi connectivity index (χ3n) is 4.07. The second kappa shape index (κ2) is 7.80. The molecule has 25 heavy (non-hydrogen) atoms. The zero-order valence-corrected chi connectivity index (χ0v) is 15.7. The van der Waals surface area contributed by atoms with Crippen molar-refractivity contribution in [3.05, 3.63) is 64.7 Å². The molecule has 0 bridgehead atoms. The number of carbonyl (C=O) groups is 1. The van der Waals surface area contributed by atoms with Gasteiger partial charge in [0.25, 0.3) is 0 Å². The summed E-state index contributed by atoms with van der Waals surface area (Å²) in [6, 6.07) is 11.4. The maximum absolute atomic E-state index is 12.8. The number of sulfonamides is 1. The Morgan fingerprint density at radius 2 is 1.88 bits per heavy atom. The van der Waals surface area contributed by atoms with Crippen molar-refractivity contribution in [1.29, 1.82) is 0 Å². The van der Waals surface area contributed by atoms with E-state index in [0.717, 1.165) is 16.7 Å². The fourth-order valence-corrected chi connectivity index (χ4v) is 4.09. The lowest BCUT2D eigenvalue weighted by Gasteiger charge is -2.20. The summed E-state index contributed by atoms with van der Waals surface area (Å²) in [5, 5.41) is 0. The fraction of sp³-hybridized carbons (Fsp3) is 0.316. The highest BCUT2D eigenvalue weighted by Crippen LogP contribution is 2.24. The Labute approximate surface area is 149 Å². The third-order valence-corrected chi connectivity index (χ3v) is 5.54. The van der Waals surface area contributed by atoms with E-state index in [2.05, 4.69) is 9.46 Å². The van der Waals surface area contributed by atoms with Gasteiger partial charge in [-0.15, -0.1) is 0 Å². The molecule has 0 saturated heterocycles. The van der Waals surface area contributed by atoms with Gasteiger partial charge in [0.1, 0.15) is 0 Å². The molecule has 0 aromatic heterocycles. The lowest BCUT2D eigenvalue weighted by molar-refractivity contribution is 0.0600. The lowest BCUT2D eigenvalue weighted by Crippen LogP contribution is -2.29. The molecule has 2 rings (SSSR count). The highest BCUT2D eigenvalue weighted by atomic mass is 32.2. The molecule has 0 unspecified atom stereocenters. The molecule has 6 heteroatoms. The SMILES string of the molecule is CC[C@H](NS(=O)(=O)c1cccc(C(=O)OC)c1)c1ccc(C)cc1C. The second-order valence-electron chi connectivity index (χ2n) is 5.96. The minimum atomic E-state index is -3.77. The molecule has 1 atom stereocenters. The molecule has 0 fully saturated rings. The average Bonchev–Trinajstić information content (AvgIpc) is 2.59. The highest BCUT2D eigenvalue weighted by molar-refractivity contribution is 7.89. The first-order valence-electron chi connectivity index (χ1n) is 8.06. The minimum Gasteiger partial charge on any atom is -0.465 e. The Morgan fingerprint density at radius 3 is 2.48 bits per heavy atom. The van der Waals surface area contributed by atoms with Gasteiger partial charge in [0.2, 0.25) is 10.0 Å². The van der Waals surface area contributed by atoms with E-state index in [1.807, 2.05) is 39.0 Å². The van der Waals surface area contributed by atoms with Crippen LogP contribution in [-0.2, 0) is 14.8 Å². The summed E-state index contributed by atoms with van der Waals surface area (Å²) < 4.78 is 32.9. The van der Waals surface area contributed by atoms with E-state index in [4.69, 9.17) is 0 Å². The topological polar surface area (TPSA) is 72.5 Å². The average molecular weight is 361 g/mol. The number of ether oxygens (including phenoxy) is 1. The number of hydrogen-bond acceptors (Lipinski definition) is 4. The molecule has 0 radical (unpaired) electrons.